The lowest BCUT2D eigenvalue weighted by atomic mass is 9.92. The molecule has 0 aromatic heterocycles. The minimum Gasteiger partial charge on any atom is -0.458 e. The van der Waals surface area contributed by atoms with Gasteiger partial charge in [-0.05, 0) is 58.4 Å². The molecule has 0 aromatic rings. The van der Waals surface area contributed by atoms with E-state index in [2.05, 4.69) is 13.5 Å². The Hall–Kier alpha value is -2.69. The second-order valence-corrected chi connectivity index (χ2v) is 9.24. The molecule has 35 heavy (non-hydrogen) atoms. The molecule has 0 bridgehead atoms. The quantitative estimate of drug-likeness (QED) is 0.198. The van der Waals surface area contributed by atoms with E-state index in [-0.39, 0.29) is 24.1 Å². The summed E-state index contributed by atoms with van der Waals surface area (Å²) in [5.74, 6) is -0.00958. The van der Waals surface area contributed by atoms with Crippen LogP contribution in [0.1, 0.15) is 66.2 Å². The molecule has 192 valence electrons. The van der Waals surface area contributed by atoms with Crippen LogP contribution in [0.25, 0.3) is 0 Å². The third-order valence-corrected chi connectivity index (χ3v) is 6.17. The number of carbonyl (C=O) groups excluding carboxylic acids is 1. The molecule has 1 rings (SSSR count). The summed E-state index contributed by atoms with van der Waals surface area (Å²) >= 11 is 0. The van der Waals surface area contributed by atoms with Gasteiger partial charge in [0.05, 0.1) is 12.2 Å². The number of aliphatic hydroxyl groups is 2. The molecule has 0 saturated heterocycles. The Labute approximate surface area is 212 Å². The normalized spacial score (nSPS) is 21.8. The maximum Gasteiger partial charge on any atom is 0.331 e. The summed E-state index contributed by atoms with van der Waals surface area (Å²) in [7, 11) is 0. The first-order valence-electron chi connectivity index (χ1n) is 12.6. The molecule has 0 fully saturated rings. The van der Waals surface area contributed by atoms with Crippen LogP contribution in [0, 0.1) is 5.92 Å². The van der Waals surface area contributed by atoms with E-state index in [0.717, 1.165) is 30.4 Å². The fourth-order valence-corrected chi connectivity index (χ4v) is 3.59. The van der Waals surface area contributed by atoms with E-state index < -0.39 is 6.10 Å². The average molecular weight is 481 g/mol. The molecule has 2 N–H and O–H groups in total. The first kappa shape index (κ1) is 30.3. The largest absolute Gasteiger partial charge is 0.458 e. The van der Waals surface area contributed by atoms with Crippen LogP contribution < -0.4 is 0 Å². The average Bonchev–Trinajstić information content (AvgIpc) is 2.82. The van der Waals surface area contributed by atoms with Crippen molar-refractivity contribution in [3.63, 3.8) is 0 Å². The van der Waals surface area contributed by atoms with Gasteiger partial charge in [-0.25, -0.2) is 4.79 Å². The molecule has 1 aliphatic rings. The van der Waals surface area contributed by atoms with Crippen molar-refractivity contribution in [1.82, 2.24) is 0 Å². The summed E-state index contributed by atoms with van der Waals surface area (Å²) in [6.07, 6.45) is 26.4. The Morgan fingerprint density at radius 2 is 1.77 bits per heavy atom. The number of cyclic esters (lactones) is 1. The number of carbonyl (C=O) groups is 1. The van der Waals surface area contributed by atoms with E-state index in [9.17, 15) is 15.0 Å². The molecule has 4 heteroatoms. The summed E-state index contributed by atoms with van der Waals surface area (Å²) in [6, 6.07) is 0. The minimum atomic E-state index is -0.484. The third kappa shape index (κ3) is 13.7. The highest BCUT2D eigenvalue weighted by Gasteiger charge is 2.25. The van der Waals surface area contributed by atoms with E-state index in [1.165, 1.54) is 5.57 Å². The van der Waals surface area contributed by atoms with E-state index in [1.807, 2.05) is 81.5 Å². The number of esters is 1. The number of hydrogen-bond donors (Lipinski definition) is 2. The number of hydrogen-bond acceptors (Lipinski definition) is 4. The van der Waals surface area contributed by atoms with E-state index in [4.69, 9.17) is 4.74 Å². The van der Waals surface area contributed by atoms with Crippen molar-refractivity contribution in [2.45, 2.75) is 84.5 Å². The minimum absolute atomic E-state index is 0.0977. The van der Waals surface area contributed by atoms with E-state index in [0.29, 0.717) is 19.3 Å². The number of allylic oxidation sites excluding steroid dienone is 10. The zero-order valence-electron chi connectivity index (χ0n) is 21.9. The van der Waals surface area contributed by atoms with Crippen molar-refractivity contribution in [2.24, 2.45) is 5.92 Å². The second kappa shape index (κ2) is 17.7. The molecule has 0 unspecified atom stereocenters. The van der Waals surface area contributed by atoms with Crippen LogP contribution >= 0.6 is 0 Å². The highest BCUT2D eigenvalue weighted by atomic mass is 16.5. The highest BCUT2D eigenvalue weighted by Crippen LogP contribution is 2.24. The Morgan fingerprint density at radius 1 is 1.06 bits per heavy atom. The van der Waals surface area contributed by atoms with Crippen molar-refractivity contribution in [3.8, 4) is 0 Å². The van der Waals surface area contributed by atoms with Gasteiger partial charge >= 0.3 is 5.97 Å². The van der Waals surface area contributed by atoms with E-state index >= 15 is 0 Å². The van der Waals surface area contributed by atoms with Gasteiger partial charge in [0.15, 0.2) is 0 Å². The number of aliphatic hydroxyl groups excluding tert-OH is 2. The molecule has 0 radical (unpaired) electrons. The van der Waals surface area contributed by atoms with Gasteiger partial charge in [-0.2, -0.15) is 0 Å². The van der Waals surface area contributed by atoms with Gasteiger partial charge in [-0.3, -0.25) is 0 Å². The van der Waals surface area contributed by atoms with Gasteiger partial charge in [0.1, 0.15) is 6.10 Å². The lowest BCUT2D eigenvalue weighted by molar-refractivity contribution is -0.146. The van der Waals surface area contributed by atoms with Crippen molar-refractivity contribution in [3.05, 3.63) is 96.2 Å². The lowest BCUT2D eigenvalue weighted by Crippen LogP contribution is -2.29. The van der Waals surface area contributed by atoms with Crippen molar-refractivity contribution in [1.29, 1.82) is 0 Å². The topological polar surface area (TPSA) is 66.8 Å². The molecule has 1 aliphatic heterocycles. The van der Waals surface area contributed by atoms with Crippen molar-refractivity contribution < 1.29 is 19.7 Å². The zero-order valence-corrected chi connectivity index (χ0v) is 21.9. The smallest absolute Gasteiger partial charge is 0.331 e. The fourth-order valence-electron chi connectivity index (χ4n) is 3.59. The van der Waals surface area contributed by atoms with Crippen LogP contribution in [0.2, 0.25) is 0 Å². The van der Waals surface area contributed by atoms with Gasteiger partial charge in [0, 0.05) is 18.4 Å². The molecule has 0 aromatic carbocycles. The van der Waals surface area contributed by atoms with Gasteiger partial charge < -0.3 is 14.9 Å². The predicted octanol–water partition coefficient (Wildman–Crippen LogP) is 6.86. The Morgan fingerprint density at radius 3 is 2.49 bits per heavy atom. The zero-order chi connectivity index (χ0) is 26.1. The summed E-state index contributed by atoms with van der Waals surface area (Å²) in [5, 5.41) is 20.4. The van der Waals surface area contributed by atoms with Gasteiger partial charge in [-0.1, -0.05) is 91.5 Å². The molecular formula is C31H44O4. The predicted molar refractivity (Wildman–Crippen MR) is 147 cm³/mol. The van der Waals surface area contributed by atoms with Crippen LogP contribution in [0.4, 0.5) is 0 Å². The second-order valence-electron chi connectivity index (χ2n) is 9.24. The molecule has 0 aliphatic carbocycles. The van der Waals surface area contributed by atoms with Gasteiger partial charge in [0.2, 0.25) is 0 Å². The Bertz CT molecular complexity index is 866. The molecule has 1 heterocycles. The first-order chi connectivity index (χ1) is 16.7. The molecule has 0 amide bonds. The van der Waals surface area contributed by atoms with Crippen LogP contribution in [0.15, 0.2) is 96.2 Å². The Balaban J connectivity index is 2.26. The van der Waals surface area contributed by atoms with Crippen molar-refractivity contribution >= 4 is 5.97 Å². The monoisotopic (exact) mass is 480 g/mol. The SMILES string of the molecule is C=C/C=C(\C)CC[C@@H](O)C/C=C\C=C(/C)[C@@H](O)CC/C=C/C=C\C=C/C[C@@H]1OC(=O)C=C(C)[C@@H]1C. The van der Waals surface area contributed by atoms with Gasteiger partial charge in [0.25, 0.3) is 0 Å². The standard InChI is InChI=1S/C31H44O4/c1-6-16-24(2)21-22-28(32)18-15-14-17-25(3)29(33)19-12-10-8-7-9-11-13-20-30-27(5)26(4)23-31(34)35-30/h6-11,13-17,23,27-30,32-33H,1,12,18-22H2,2-5H3/b9-7-,10-8+,13-11-,15-14-,24-16+,25-17+/t27-,28-,29-,30-/m0/s1. The number of ether oxygens (including phenoxy) is 1. The molecule has 4 nitrogen and oxygen atoms in total. The third-order valence-electron chi connectivity index (χ3n) is 6.17. The van der Waals surface area contributed by atoms with Crippen molar-refractivity contribution in [2.75, 3.05) is 0 Å². The molecule has 4 atom stereocenters. The molecule has 0 saturated carbocycles. The van der Waals surface area contributed by atoms with Crippen LogP contribution in [0.3, 0.4) is 0 Å². The summed E-state index contributed by atoms with van der Waals surface area (Å²) in [5.41, 5.74) is 3.20. The summed E-state index contributed by atoms with van der Waals surface area (Å²) in [6.45, 7) is 11.7. The molecule has 0 spiro atoms. The molecular weight excluding hydrogens is 436 g/mol. The first-order valence-corrected chi connectivity index (χ1v) is 12.6. The van der Waals surface area contributed by atoms with E-state index in [1.54, 1.807) is 12.2 Å². The maximum atomic E-state index is 11.5. The Kier molecular flexibility index (Phi) is 15.3. The summed E-state index contributed by atoms with van der Waals surface area (Å²) in [4.78, 5) is 11.5. The maximum absolute atomic E-state index is 11.5. The summed E-state index contributed by atoms with van der Waals surface area (Å²) < 4.78 is 5.38. The van der Waals surface area contributed by atoms with Crippen LogP contribution in [-0.4, -0.2) is 34.5 Å². The van der Waals surface area contributed by atoms with Crippen LogP contribution in [-0.2, 0) is 9.53 Å². The lowest BCUT2D eigenvalue weighted by Gasteiger charge is -2.27. The number of rotatable bonds is 15. The van der Waals surface area contributed by atoms with Gasteiger partial charge in [-0.15, -0.1) is 0 Å². The fraction of sp³-hybridized carbons (Fsp3) is 0.452. The van der Waals surface area contributed by atoms with Crippen LogP contribution in [0.5, 0.6) is 0 Å². The highest BCUT2D eigenvalue weighted by molar-refractivity contribution is 5.84.